The minimum Gasteiger partial charge on any atom is -0.481 e. The van der Waals surface area contributed by atoms with Crippen LogP contribution in [0.15, 0.2) is 73.2 Å². The fourth-order valence-corrected chi connectivity index (χ4v) is 9.05. The molecule has 0 aliphatic carbocycles. The predicted octanol–water partition coefficient (Wildman–Crippen LogP) is 4.45. The van der Waals surface area contributed by atoms with Gasteiger partial charge in [-0.25, -0.2) is 18.7 Å². The Labute approximate surface area is 362 Å². The number of amides is 3. The number of benzene rings is 2. The van der Waals surface area contributed by atoms with Gasteiger partial charge in [0.05, 0.1) is 17.8 Å². The van der Waals surface area contributed by atoms with E-state index >= 15 is 8.78 Å². The Morgan fingerprint density at radius 2 is 1.65 bits per heavy atom. The fraction of sp³-hybridized carbons (Fsp3) is 0.364. The van der Waals surface area contributed by atoms with Gasteiger partial charge < -0.3 is 19.5 Å². The molecule has 1 atom stereocenters. The van der Waals surface area contributed by atoms with Crippen molar-refractivity contribution in [2.45, 2.75) is 44.6 Å². The summed E-state index contributed by atoms with van der Waals surface area (Å²) < 4.78 is 64.6. The van der Waals surface area contributed by atoms with E-state index in [4.69, 9.17) is 4.74 Å². The summed E-state index contributed by atoms with van der Waals surface area (Å²) in [5.74, 6) is -2.38. The number of hydrogen-bond acceptors (Lipinski definition) is 11. The molecule has 19 heteroatoms. The molecule has 63 heavy (non-hydrogen) atoms. The van der Waals surface area contributed by atoms with E-state index in [1.54, 1.807) is 25.4 Å². The minimum absolute atomic E-state index is 0.0486. The number of anilines is 2. The van der Waals surface area contributed by atoms with Gasteiger partial charge >= 0.3 is 10.2 Å². The van der Waals surface area contributed by atoms with Crippen LogP contribution in [0.4, 0.5) is 20.3 Å². The van der Waals surface area contributed by atoms with E-state index in [0.717, 1.165) is 48.2 Å². The number of nitrogens with zero attached hydrogens (tertiary/aromatic N) is 6. The van der Waals surface area contributed by atoms with E-state index in [1.807, 2.05) is 41.3 Å². The average Bonchev–Trinajstić information content (AvgIpc) is 3.72. The molecule has 3 fully saturated rings. The number of ketones is 1. The Hall–Kier alpha value is -6.31. The Kier molecular flexibility index (Phi) is 12.5. The minimum atomic E-state index is -4.15. The van der Waals surface area contributed by atoms with E-state index in [2.05, 4.69) is 34.8 Å². The summed E-state index contributed by atoms with van der Waals surface area (Å²) in [7, 11) is -2.85. The zero-order chi connectivity index (χ0) is 44.4. The van der Waals surface area contributed by atoms with E-state index in [9.17, 15) is 27.6 Å². The molecule has 3 aromatic heterocycles. The Balaban J connectivity index is 0.834. The number of likely N-dealkylation sites (tertiary alicyclic amines) is 1. The number of H-pyrrole nitrogens is 1. The maximum absolute atomic E-state index is 15.6. The van der Waals surface area contributed by atoms with Gasteiger partial charge in [-0.05, 0) is 79.9 Å². The van der Waals surface area contributed by atoms with Gasteiger partial charge in [0, 0.05) is 93.3 Å². The molecule has 3 aliphatic heterocycles. The third-order valence-electron chi connectivity index (χ3n) is 12.0. The maximum atomic E-state index is 15.6. The summed E-state index contributed by atoms with van der Waals surface area (Å²) in [4.78, 5) is 68.7. The first kappa shape index (κ1) is 43.3. The van der Waals surface area contributed by atoms with E-state index < -0.39 is 50.9 Å². The predicted molar refractivity (Wildman–Crippen MR) is 230 cm³/mol. The molecular formula is C44H47F2N9O7S. The van der Waals surface area contributed by atoms with Gasteiger partial charge in [-0.1, -0.05) is 19.1 Å². The number of aromatic amines is 1. The number of hydrogen-bond donors (Lipinski definition) is 3. The maximum Gasteiger partial charge on any atom is 0.301 e. The molecule has 330 valence electrons. The Morgan fingerprint density at radius 1 is 0.921 bits per heavy atom. The number of carbonyl (C=O) groups is 4. The second kappa shape index (κ2) is 18.2. The number of fused-ring (bicyclic) bond motifs is 1. The summed E-state index contributed by atoms with van der Waals surface area (Å²) >= 11 is 0. The lowest BCUT2D eigenvalue weighted by Crippen LogP contribution is -2.52. The van der Waals surface area contributed by atoms with Crippen LogP contribution in [-0.4, -0.2) is 126 Å². The molecule has 2 aromatic carbocycles. The van der Waals surface area contributed by atoms with Crippen molar-refractivity contribution < 1.29 is 41.1 Å². The number of halogens is 2. The second-order valence-corrected chi connectivity index (χ2v) is 17.7. The average molecular weight is 884 g/mol. The van der Waals surface area contributed by atoms with Crippen LogP contribution in [0, 0.1) is 11.6 Å². The van der Waals surface area contributed by atoms with Crippen LogP contribution in [0.5, 0.6) is 5.75 Å². The number of nitrogens with one attached hydrogen (secondary N) is 3. The van der Waals surface area contributed by atoms with Crippen molar-refractivity contribution in [3.63, 3.8) is 0 Å². The van der Waals surface area contributed by atoms with Crippen molar-refractivity contribution in [2.75, 3.05) is 69.0 Å². The highest BCUT2D eigenvalue weighted by Gasteiger charge is 2.30. The molecule has 0 radical (unpaired) electrons. The second-order valence-electron chi connectivity index (χ2n) is 15.9. The molecule has 0 saturated carbocycles. The van der Waals surface area contributed by atoms with Gasteiger partial charge in [0.1, 0.15) is 23.0 Å². The summed E-state index contributed by atoms with van der Waals surface area (Å²) in [5, 5.41) is 2.62. The largest absolute Gasteiger partial charge is 0.481 e. The molecule has 0 unspecified atom stereocenters. The number of rotatable bonds is 13. The number of imide groups is 1. The van der Waals surface area contributed by atoms with Gasteiger partial charge in [0.2, 0.25) is 17.6 Å². The third kappa shape index (κ3) is 9.40. The molecule has 3 N–H and O–H groups in total. The molecule has 5 aromatic rings. The van der Waals surface area contributed by atoms with Crippen molar-refractivity contribution >= 4 is 56.3 Å². The number of aromatic nitrogens is 3. The van der Waals surface area contributed by atoms with Crippen LogP contribution < -0.4 is 19.7 Å². The summed E-state index contributed by atoms with van der Waals surface area (Å²) in [6, 6.07) is 15.0. The number of pyridine rings is 2. The van der Waals surface area contributed by atoms with Crippen LogP contribution in [0.2, 0.25) is 0 Å². The molecule has 0 bridgehead atoms. The van der Waals surface area contributed by atoms with Gasteiger partial charge in [-0.3, -0.25) is 34.1 Å². The Morgan fingerprint density at radius 3 is 2.33 bits per heavy atom. The van der Waals surface area contributed by atoms with Crippen molar-refractivity contribution in [1.82, 2.24) is 34.4 Å². The first-order chi connectivity index (χ1) is 30.3. The van der Waals surface area contributed by atoms with Gasteiger partial charge in [-0.15, -0.1) is 0 Å². The highest BCUT2D eigenvalue weighted by atomic mass is 32.2. The molecule has 3 aliphatic rings. The SMILES string of the molecule is CCN(C)S(=O)(=O)Nc1ccc(F)c(C(=O)c2c[nH]c3ncc(-c4ccc(N5CCN(C(=O)CN6CCC(c7ccc(O[C@H]8CCC(=O)NC8=O)cc7)CC6)CC5)nc4)cc23)c1F. The first-order valence-electron chi connectivity index (χ1n) is 20.8. The first-order valence-corrected chi connectivity index (χ1v) is 22.3. The monoisotopic (exact) mass is 883 g/mol. The van der Waals surface area contributed by atoms with E-state index in [1.165, 1.54) is 18.8 Å². The lowest BCUT2D eigenvalue weighted by atomic mass is 9.89. The molecule has 3 saturated heterocycles. The topological polar surface area (TPSA) is 190 Å². The van der Waals surface area contributed by atoms with Crippen molar-refractivity contribution in [3.05, 3.63) is 102 Å². The van der Waals surface area contributed by atoms with Crippen molar-refractivity contribution in [3.8, 4) is 16.9 Å². The van der Waals surface area contributed by atoms with Crippen LogP contribution in [0.25, 0.3) is 22.2 Å². The number of piperazine rings is 1. The highest BCUT2D eigenvalue weighted by molar-refractivity contribution is 7.90. The summed E-state index contributed by atoms with van der Waals surface area (Å²) in [6.07, 6.45) is 6.38. The molecule has 3 amide bonds. The van der Waals surface area contributed by atoms with Crippen LogP contribution in [-0.2, 0) is 24.6 Å². The lowest BCUT2D eigenvalue weighted by Gasteiger charge is -2.37. The number of ether oxygens (including phenoxy) is 1. The van der Waals surface area contributed by atoms with Gasteiger partial charge in [0.15, 0.2) is 11.9 Å². The van der Waals surface area contributed by atoms with Crippen molar-refractivity contribution in [1.29, 1.82) is 0 Å². The standard InChI is InChI=1S/C44H47F2N9O7S/c1-3-52(2)63(60,61)51-35-10-9-34(45)40(41(35)46)42(58)33-25-49-43-32(33)22-30(24-48-43)29-6-12-37(47-23-29)54-18-20-55(21-19-54)39(57)26-53-16-14-28(15-17-53)27-4-7-31(8-5-27)62-36-11-13-38(56)50-44(36)59/h4-10,12,22-25,28,36,51H,3,11,13-21,26H2,1-2H3,(H,48,49)(H,50,56,59)/t36-/m0/s1. The van der Waals surface area contributed by atoms with Crippen LogP contribution in [0.3, 0.4) is 0 Å². The number of carbonyl (C=O) groups excluding carboxylic acids is 4. The molecular weight excluding hydrogens is 837 g/mol. The summed E-state index contributed by atoms with van der Waals surface area (Å²) in [5.41, 5.74) is 1.28. The smallest absolute Gasteiger partial charge is 0.301 e. The van der Waals surface area contributed by atoms with Crippen LogP contribution in [0.1, 0.15) is 60.0 Å². The van der Waals surface area contributed by atoms with Gasteiger partial charge in [-0.2, -0.15) is 12.7 Å². The summed E-state index contributed by atoms with van der Waals surface area (Å²) in [6.45, 7) is 6.00. The zero-order valence-electron chi connectivity index (χ0n) is 34.8. The number of piperidine rings is 2. The van der Waals surface area contributed by atoms with Gasteiger partial charge in [0.25, 0.3) is 5.91 Å². The Bertz CT molecular complexity index is 2650. The van der Waals surface area contributed by atoms with E-state index in [-0.39, 0.29) is 30.3 Å². The fourth-order valence-electron chi connectivity index (χ4n) is 8.12. The lowest BCUT2D eigenvalue weighted by molar-refractivity contribution is -0.139. The molecule has 8 rings (SSSR count). The quantitative estimate of drug-likeness (QED) is 0.112. The van der Waals surface area contributed by atoms with E-state index in [0.29, 0.717) is 73.0 Å². The third-order valence-corrected chi connectivity index (χ3v) is 13.5. The van der Waals surface area contributed by atoms with Crippen LogP contribution >= 0.6 is 0 Å². The van der Waals surface area contributed by atoms with Crippen molar-refractivity contribution in [2.24, 2.45) is 0 Å². The normalized spacial score (nSPS) is 17.9. The zero-order valence-corrected chi connectivity index (χ0v) is 35.6. The molecule has 6 heterocycles. The highest BCUT2D eigenvalue weighted by Crippen LogP contribution is 2.32. The molecule has 16 nitrogen and oxygen atoms in total. The molecule has 0 spiro atoms.